The molecule has 2 aliphatic rings. The van der Waals surface area contributed by atoms with Crippen LogP contribution in [0, 0.1) is 21.3 Å². The normalized spacial score (nSPS) is 15.9. The number of fused-ring (bicyclic) bond motifs is 2. The van der Waals surface area contributed by atoms with Crippen molar-refractivity contribution >= 4 is 33.3 Å². The van der Waals surface area contributed by atoms with Gasteiger partial charge >= 0.3 is 5.00 Å². The highest BCUT2D eigenvalue weighted by Gasteiger charge is 2.44. The first-order valence-corrected chi connectivity index (χ1v) is 14.2. The Kier molecular flexibility index (Phi) is 6.93. The lowest BCUT2D eigenvalue weighted by molar-refractivity contribution is -0.380. The largest absolute Gasteiger partial charge is 0.438 e. The van der Waals surface area contributed by atoms with Crippen LogP contribution in [0.4, 0.5) is 14.5 Å². The van der Waals surface area contributed by atoms with Crippen molar-refractivity contribution in [1.82, 2.24) is 14.9 Å². The summed E-state index contributed by atoms with van der Waals surface area (Å²) in [7, 11) is 0. The molecule has 2 aromatic carbocycles. The summed E-state index contributed by atoms with van der Waals surface area (Å²) in [5, 5.41) is 13.8. The van der Waals surface area contributed by atoms with Gasteiger partial charge in [-0.2, -0.15) is 0 Å². The van der Waals surface area contributed by atoms with Crippen molar-refractivity contribution in [2.24, 2.45) is 5.41 Å². The zero-order valence-corrected chi connectivity index (χ0v) is 23.6. The van der Waals surface area contributed by atoms with E-state index in [0.29, 0.717) is 35.7 Å². The Morgan fingerprint density at radius 2 is 1.88 bits per heavy atom. The van der Waals surface area contributed by atoms with E-state index in [4.69, 9.17) is 9.72 Å². The van der Waals surface area contributed by atoms with Crippen LogP contribution >= 0.6 is 11.3 Å². The minimum atomic E-state index is -1.07. The van der Waals surface area contributed by atoms with Crippen molar-refractivity contribution in [3.8, 4) is 22.9 Å². The first kappa shape index (κ1) is 27.5. The molecule has 10 nitrogen and oxygen atoms in total. The predicted molar refractivity (Wildman–Crippen MR) is 154 cm³/mol. The van der Waals surface area contributed by atoms with Crippen LogP contribution in [0.1, 0.15) is 54.1 Å². The van der Waals surface area contributed by atoms with E-state index in [9.17, 15) is 19.7 Å². The molecule has 42 heavy (non-hydrogen) atoms. The van der Waals surface area contributed by atoms with Crippen LogP contribution in [-0.2, 0) is 4.79 Å². The van der Waals surface area contributed by atoms with Gasteiger partial charge in [0.25, 0.3) is 5.91 Å². The van der Waals surface area contributed by atoms with Crippen LogP contribution < -0.4 is 10.1 Å². The maximum atomic E-state index is 15.1. The summed E-state index contributed by atoms with van der Waals surface area (Å²) < 4.78 is 21.3. The predicted octanol–water partition coefficient (Wildman–Crippen LogP) is 6.39. The zero-order chi connectivity index (χ0) is 29.6. The minimum absolute atomic E-state index is 0.0298. The van der Waals surface area contributed by atoms with Gasteiger partial charge in [-0.25, -0.2) is 14.4 Å². The number of thiazole rings is 1. The van der Waals surface area contributed by atoms with E-state index in [-0.39, 0.29) is 33.4 Å². The third-order valence-electron chi connectivity index (χ3n) is 7.73. The number of ether oxygens (including phenoxy) is 1. The Bertz CT molecular complexity index is 1730. The molecular formula is C30H26FN5O5S. The smallest absolute Gasteiger partial charge is 0.345 e. The Hall–Kier alpha value is -4.71. The third-order valence-corrected chi connectivity index (χ3v) is 8.59. The van der Waals surface area contributed by atoms with E-state index in [1.165, 1.54) is 12.1 Å². The van der Waals surface area contributed by atoms with Crippen LogP contribution in [0.5, 0.6) is 11.6 Å². The van der Waals surface area contributed by atoms with Crippen LogP contribution in [0.3, 0.4) is 0 Å². The molecule has 4 heterocycles. The van der Waals surface area contributed by atoms with Crippen molar-refractivity contribution in [3.63, 3.8) is 0 Å². The number of halogens is 1. The maximum absolute atomic E-state index is 15.1. The fourth-order valence-corrected chi connectivity index (χ4v) is 6.14. The van der Waals surface area contributed by atoms with Gasteiger partial charge in [0, 0.05) is 35.7 Å². The van der Waals surface area contributed by atoms with Gasteiger partial charge in [0.05, 0.1) is 21.6 Å². The van der Waals surface area contributed by atoms with Crippen LogP contribution in [0.15, 0.2) is 60.8 Å². The molecule has 1 N–H and O–H groups in total. The van der Waals surface area contributed by atoms with Gasteiger partial charge in [-0.3, -0.25) is 19.7 Å². The monoisotopic (exact) mass is 587 g/mol. The molecular weight excluding hydrogens is 561 g/mol. The standard InChI is InChI=1S/C30H26FN5O5S/c1-30(2,28(38)34-29-32-16-24(42-29)36(39)40)25-19-7-3-4-8-23(19)41-26-20(25)11-12-22(33-26)17-9-10-18(21(31)15-17)27(37)35-13-5-6-14-35/h3-4,7-12,15-16,25H,5-6,13-14H2,1-2H3,(H,32,34,38)/t25-/m0/s1. The molecule has 2 amide bonds. The number of anilines is 1. The first-order chi connectivity index (χ1) is 20.1. The third kappa shape index (κ3) is 4.87. The second-order valence-corrected chi connectivity index (χ2v) is 11.8. The van der Waals surface area contributed by atoms with Gasteiger partial charge < -0.3 is 15.0 Å². The van der Waals surface area contributed by atoms with E-state index in [2.05, 4.69) is 10.3 Å². The van der Waals surface area contributed by atoms with Gasteiger partial charge in [0.1, 0.15) is 17.8 Å². The number of benzene rings is 2. The summed E-state index contributed by atoms with van der Waals surface area (Å²) in [5.41, 5.74) is 1.33. The number of amides is 2. The van der Waals surface area contributed by atoms with Gasteiger partial charge in [-0.15, -0.1) is 0 Å². The Labute approximate surface area is 244 Å². The molecule has 1 atom stereocenters. The molecule has 0 aliphatic carbocycles. The first-order valence-electron chi connectivity index (χ1n) is 13.4. The molecule has 1 saturated heterocycles. The number of carbonyl (C=O) groups is 2. The lowest BCUT2D eigenvalue weighted by Crippen LogP contribution is -2.38. The Balaban J connectivity index is 1.33. The molecule has 4 aromatic rings. The molecule has 214 valence electrons. The second-order valence-electron chi connectivity index (χ2n) is 10.8. The molecule has 0 bridgehead atoms. The van der Waals surface area contributed by atoms with Crippen molar-refractivity contribution in [2.75, 3.05) is 18.4 Å². The van der Waals surface area contributed by atoms with Gasteiger partial charge in [0.2, 0.25) is 11.8 Å². The molecule has 0 radical (unpaired) electrons. The van der Waals surface area contributed by atoms with E-state index >= 15 is 4.39 Å². The van der Waals surface area contributed by atoms with Crippen LogP contribution in [-0.4, -0.2) is 44.7 Å². The number of hydrogen-bond acceptors (Lipinski definition) is 8. The number of nitro groups is 1. The second kappa shape index (κ2) is 10.6. The number of hydrogen-bond donors (Lipinski definition) is 1. The molecule has 0 unspecified atom stereocenters. The minimum Gasteiger partial charge on any atom is -0.438 e. The van der Waals surface area contributed by atoms with E-state index in [1.54, 1.807) is 36.9 Å². The number of para-hydroxylation sites is 1. The Morgan fingerprint density at radius 1 is 1.12 bits per heavy atom. The van der Waals surface area contributed by atoms with Gasteiger partial charge in [0.15, 0.2) is 5.13 Å². The highest BCUT2D eigenvalue weighted by Crippen LogP contribution is 2.52. The van der Waals surface area contributed by atoms with Crippen LogP contribution in [0.25, 0.3) is 11.3 Å². The van der Waals surface area contributed by atoms with Gasteiger partial charge in [-0.1, -0.05) is 44.2 Å². The molecule has 0 saturated carbocycles. The maximum Gasteiger partial charge on any atom is 0.345 e. The number of nitrogens with one attached hydrogen (secondary N) is 1. The van der Waals surface area contributed by atoms with E-state index < -0.39 is 22.1 Å². The summed E-state index contributed by atoms with van der Waals surface area (Å²) in [6.07, 6.45) is 2.94. The van der Waals surface area contributed by atoms with Crippen molar-refractivity contribution in [2.45, 2.75) is 32.6 Å². The number of carbonyl (C=O) groups excluding carboxylic acids is 2. The topological polar surface area (TPSA) is 128 Å². The Morgan fingerprint density at radius 3 is 2.60 bits per heavy atom. The molecule has 1 fully saturated rings. The average molecular weight is 588 g/mol. The summed E-state index contributed by atoms with van der Waals surface area (Å²) in [5.74, 6) is -1.00. The summed E-state index contributed by atoms with van der Waals surface area (Å²) >= 11 is 0.780. The van der Waals surface area contributed by atoms with E-state index in [0.717, 1.165) is 35.9 Å². The number of rotatable bonds is 6. The average Bonchev–Trinajstić information content (AvgIpc) is 3.68. The fraction of sp³-hybridized carbons (Fsp3) is 0.267. The number of aromatic nitrogens is 2. The molecule has 12 heteroatoms. The number of pyridine rings is 1. The summed E-state index contributed by atoms with van der Waals surface area (Å²) in [6.45, 7) is 4.82. The van der Waals surface area contributed by atoms with Crippen LogP contribution in [0.2, 0.25) is 0 Å². The highest BCUT2D eigenvalue weighted by atomic mass is 32.1. The van der Waals surface area contributed by atoms with Gasteiger partial charge in [-0.05, 0) is 48.4 Å². The molecule has 2 aromatic heterocycles. The number of nitrogens with zero attached hydrogens (tertiary/aromatic N) is 4. The number of likely N-dealkylation sites (tertiary alicyclic amines) is 1. The molecule has 2 aliphatic heterocycles. The zero-order valence-electron chi connectivity index (χ0n) is 22.8. The molecule has 6 rings (SSSR count). The SMILES string of the molecule is CC(C)(C(=O)Nc1ncc([N+](=O)[O-])s1)[C@H]1c2ccccc2Oc2nc(-c3ccc(C(=O)N4CCCC4)c(F)c3)ccc21. The lowest BCUT2D eigenvalue weighted by atomic mass is 9.69. The lowest BCUT2D eigenvalue weighted by Gasteiger charge is -2.37. The fourth-order valence-electron chi connectivity index (χ4n) is 5.51. The quantitative estimate of drug-likeness (QED) is 0.204. The van der Waals surface area contributed by atoms with Crippen molar-refractivity contribution < 1.29 is 23.6 Å². The van der Waals surface area contributed by atoms with Crippen molar-refractivity contribution in [1.29, 1.82) is 0 Å². The highest BCUT2D eigenvalue weighted by molar-refractivity contribution is 7.18. The van der Waals surface area contributed by atoms with E-state index in [1.807, 2.05) is 24.3 Å². The summed E-state index contributed by atoms with van der Waals surface area (Å²) in [4.78, 5) is 47.2. The van der Waals surface area contributed by atoms with Crippen molar-refractivity contribution in [3.05, 3.63) is 93.4 Å². The molecule has 0 spiro atoms. The summed E-state index contributed by atoms with van der Waals surface area (Å²) in [6, 6.07) is 15.3.